The minimum absolute atomic E-state index is 0.144. The number of nitrogens with zero attached hydrogens (tertiary/aromatic N) is 2. The van der Waals surface area contributed by atoms with Crippen molar-refractivity contribution in [3.8, 4) is 0 Å². The van der Waals surface area contributed by atoms with Gasteiger partial charge in [-0.15, -0.1) is 0 Å². The van der Waals surface area contributed by atoms with Gasteiger partial charge in [0.2, 0.25) is 5.89 Å². The van der Waals surface area contributed by atoms with Gasteiger partial charge in [-0.2, -0.15) is 4.98 Å². The zero-order valence-corrected chi connectivity index (χ0v) is 10.5. The second kappa shape index (κ2) is 3.80. The molecule has 1 aromatic rings. The molecule has 0 atom stereocenters. The van der Waals surface area contributed by atoms with Crippen LogP contribution in [0.1, 0.15) is 70.0 Å². The molecule has 94 valence electrons. The summed E-state index contributed by atoms with van der Waals surface area (Å²) >= 11 is 0. The molecule has 2 fully saturated rings. The maximum Gasteiger partial charge on any atom is 0.232 e. The Labute approximate surface area is 102 Å². The topological polar surface area (TPSA) is 64.9 Å². The predicted molar refractivity (Wildman–Crippen MR) is 64.5 cm³/mol. The molecule has 17 heavy (non-hydrogen) atoms. The summed E-state index contributed by atoms with van der Waals surface area (Å²) in [6, 6.07) is 0. The van der Waals surface area contributed by atoms with Gasteiger partial charge in [0.25, 0.3) is 0 Å². The Balaban J connectivity index is 1.89. The number of hydrogen-bond acceptors (Lipinski definition) is 4. The summed E-state index contributed by atoms with van der Waals surface area (Å²) in [5.74, 6) is 1.57. The maximum absolute atomic E-state index is 6.24. The standard InChI is InChI=1S/C13H21N3O/c1-2-12(6-3-4-7-12)11-15-10(16-17-11)13(14)8-5-9-13/h2-9,14H2,1H3. The lowest BCUT2D eigenvalue weighted by Crippen LogP contribution is -2.44. The van der Waals surface area contributed by atoms with Crippen LogP contribution < -0.4 is 5.73 Å². The molecule has 4 nitrogen and oxygen atoms in total. The summed E-state index contributed by atoms with van der Waals surface area (Å²) < 4.78 is 5.52. The van der Waals surface area contributed by atoms with Gasteiger partial charge in [-0.1, -0.05) is 24.9 Å². The lowest BCUT2D eigenvalue weighted by Gasteiger charge is -2.34. The van der Waals surface area contributed by atoms with E-state index in [9.17, 15) is 0 Å². The Morgan fingerprint density at radius 1 is 1.18 bits per heavy atom. The Kier molecular flexibility index (Phi) is 2.51. The smallest absolute Gasteiger partial charge is 0.232 e. The second-order valence-electron chi connectivity index (χ2n) is 5.77. The molecule has 2 aliphatic rings. The van der Waals surface area contributed by atoms with Crippen LogP contribution in [0, 0.1) is 0 Å². The van der Waals surface area contributed by atoms with Crippen molar-refractivity contribution in [2.75, 3.05) is 0 Å². The number of nitrogens with two attached hydrogens (primary N) is 1. The normalized spacial score (nSPS) is 25.8. The third-order valence-electron chi connectivity index (χ3n) is 4.81. The van der Waals surface area contributed by atoms with Crippen LogP contribution in [0.15, 0.2) is 4.52 Å². The molecule has 3 rings (SSSR count). The van der Waals surface area contributed by atoms with Gasteiger partial charge in [-0.05, 0) is 38.5 Å². The highest BCUT2D eigenvalue weighted by molar-refractivity contribution is 5.13. The van der Waals surface area contributed by atoms with E-state index in [4.69, 9.17) is 10.3 Å². The van der Waals surface area contributed by atoms with Gasteiger partial charge in [0.1, 0.15) is 0 Å². The Bertz CT molecular complexity index is 403. The Hall–Kier alpha value is -0.900. The van der Waals surface area contributed by atoms with E-state index in [2.05, 4.69) is 17.1 Å². The van der Waals surface area contributed by atoms with Crippen LogP contribution in [0.5, 0.6) is 0 Å². The van der Waals surface area contributed by atoms with E-state index in [-0.39, 0.29) is 11.0 Å². The summed E-state index contributed by atoms with van der Waals surface area (Å²) in [5.41, 5.74) is 6.08. The minimum Gasteiger partial charge on any atom is -0.339 e. The summed E-state index contributed by atoms with van der Waals surface area (Å²) in [6.07, 6.45) is 9.17. The van der Waals surface area contributed by atoms with Gasteiger partial charge in [-0.3, -0.25) is 0 Å². The van der Waals surface area contributed by atoms with E-state index < -0.39 is 0 Å². The van der Waals surface area contributed by atoms with E-state index in [1.807, 2.05) is 0 Å². The molecule has 2 aliphatic carbocycles. The summed E-state index contributed by atoms with van der Waals surface area (Å²) in [6.45, 7) is 2.22. The molecule has 0 amide bonds. The van der Waals surface area contributed by atoms with Crippen LogP contribution in [0.2, 0.25) is 0 Å². The van der Waals surface area contributed by atoms with Crippen molar-refractivity contribution in [1.29, 1.82) is 0 Å². The van der Waals surface area contributed by atoms with E-state index in [0.29, 0.717) is 0 Å². The Morgan fingerprint density at radius 2 is 1.88 bits per heavy atom. The molecule has 0 spiro atoms. The first kappa shape index (κ1) is 11.2. The van der Waals surface area contributed by atoms with Crippen molar-refractivity contribution in [3.63, 3.8) is 0 Å². The highest BCUT2D eigenvalue weighted by Crippen LogP contribution is 2.44. The van der Waals surface area contributed by atoms with E-state index >= 15 is 0 Å². The highest BCUT2D eigenvalue weighted by Gasteiger charge is 2.43. The van der Waals surface area contributed by atoms with Crippen LogP contribution in [0.25, 0.3) is 0 Å². The molecule has 0 bridgehead atoms. The van der Waals surface area contributed by atoms with Crippen molar-refractivity contribution >= 4 is 0 Å². The molecule has 2 saturated carbocycles. The quantitative estimate of drug-likeness (QED) is 0.874. The van der Waals surface area contributed by atoms with Gasteiger partial charge in [0.15, 0.2) is 5.82 Å². The lowest BCUT2D eigenvalue weighted by atomic mass is 9.77. The fourth-order valence-electron chi connectivity index (χ4n) is 3.19. The van der Waals surface area contributed by atoms with E-state index in [0.717, 1.165) is 31.0 Å². The van der Waals surface area contributed by atoms with E-state index in [1.54, 1.807) is 0 Å². The van der Waals surface area contributed by atoms with Crippen molar-refractivity contribution < 1.29 is 4.52 Å². The van der Waals surface area contributed by atoms with Gasteiger partial charge < -0.3 is 10.3 Å². The molecular weight excluding hydrogens is 214 g/mol. The molecule has 0 radical (unpaired) electrons. The first-order chi connectivity index (χ1) is 8.19. The largest absolute Gasteiger partial charge is 0.339 e. The van der Waals surface area contributed by atoms with Crippen LogP contribution >= 0.6 is 0 Å². The first-order valence-corrected chi connectivity index (χ1v) is 6.82. The third kappa shape index (κ3) is 1.61. The first-order valence-electron chi connectivity index (χ1n) is 6.82. The number of hydrogen-bond donors (Lipinski definition) is 1. The summed E-state index contributed by atoms with van der Waals surface area (Å²) in [5, 5.41) is 4.14. The fourth-order valence-corrected chi connectivity index (χ4v) is 3.19. The van der Waals surface area contributed by atoms with Gasteiger partial charge in [0, 0.05) is 5.41 Å². The van der Waals surface area contributed by atoms with Crippen molar-refractivity contribution in [3.05, 3.63) is 11.7 Å². The van der Waals surface area contributed by atoms with Gasteiger partial charge in [0.05, 0.1) is 5.54 Å². The molecule has 0 aliphatic heterocycles. The molecule has 0 saturated heterocycles. The van der Waals surface area contributed by atoms with Gasteiger partial charge in [-0.25, -0.2) is 0 Å². The van der Waals surface area contributed by atoms with Gasteiger partial charge >= 0.3 is 0 Å². The van der Waals surface area contributed by atoms with E-state index in [1.165, 1.54) is 32.1 Å². The molecule has 4 heteroatoms. The number of aromatic nitrogens is 2. The minimum atomic E-state index is -0.296. The third-order valence-corrected chi connectivity index (χ3v) is 4.81. The van der Waals surface area contributed by atoms with Crippen molar-refractivity contribution in [1.82, 2.24) is 10.1 Å². The van der Waals surface area contributed by atoms with Crippen LogP contribution in [-0.2, 0) is 11.0 Å². The second-order valence-corrected chi connectivity index (χ2v) is 5.77. The predicted octanol–water partition coefficient (Wildman–Crippen LogP) is 2.63. The highest BCUT2D eigenvalue weighted by atomic mass is 16.5. The molecule has 1 heterocycles. The molecular formula is C13H21N3O. The molecule has 0 unspecified atom stereocenters. The fraction of sp³-hybridized carbons (Fsp3) is 0.846. The van der Waals surface area contributed by atoms with Crippen LogP contribution in [0.4, 0.5) is 0 Å². The summed E-state index contributed by atoms with van der Waals surface area (Å²) in [4.78, 5) is 4.63. The average molecular weight is 235 g/mol. The van der Waals surface area contributed by atoms with Crippen molar-refractivity contribution in [2.45, 2.75) is 69.2 Å². The molecule has 1 aromatic heterocycles. The Morgan fingerprint density at radius 3 is 2.41 bits per heavy atom. The zero-order valence-electron chi connectivity index (χ0n) is 10.5. The molecule has 2 N–H and O–H groups in total. The van der Waals surface area contributed by atoms with Crippen LogP contribution in [0.3, 0.4) is 0 Å². The maximum atomic E-state index is 6.24. The SMILES string of the molecule is CCC1(c2nc(C3(N)CCC3)no2)CCCC1. The summed E-state index contributed by atoms with van der Waals surface area (Å²) in [7, 11) is 0. The average Bonchev–Trinajstić information content (AvgIpc) is 2.95. The zero-order chi connectivity index (χ0) is 11.9. The lowest BCUT2D eigenvalue weighted by molar-refractivity contribution is 0.225. The van der Waals surface area contributed by atoms with Crippen molar-refractivity contribution in [2.24, 2.45) is 5.73 Å². The molecule has 0 aromatic carbocycles. The van der Waals surface area contributed by atoms with Crippen LogP contribution in [-0.4, -0.2) is 10.1 Å². The number of rotatable bonds is 3. The monoisotopic (exact) mass is 235 g/mol.